The summed E-state index contributed by atoms with van der Waals surface area (Å²) in [4.78, 5) is 0. The Bertz CT molecular complexity index is 637. The van der Waals surface area contributed by atoms with E-state index in [0.717, 1.165) is 19.8 Å². The van der Waals surface area contributed by atoms with Crippen molar-refractivity contribution in [2.75, 3.05) is 74.4 Å². The summed E-state index contributed by atoms with van der Waals surface area (Å²) in [6.07, 6.45) is 1.24. The van der Waals surface area contributed by atoms with Gasteiger partial charge in [-0.25, -0.2) is 0 Å². The van der Waals surface area contributed by atoms with Crippen LogP contribution in [0, 0.1) is 0 Å². The molecule has 0 bridgehead atoms. The van der Waals surface area contributed by atoms with Crippen molar-refractivity contribution in [1.82, 2.24) is 0 Å². The standard InChI is InChI=1S/C8H16O3.C7H14O3.C7H14O2.C6H12O2/c1-8(2)7(11-8)6-10-5-4-9-3;1-7(2)6(10-7)4-9-5-8-3;1-4-8-5-6-7(2,3)9-6;1-6(2)5(8-6)4-7-3/h7H,4-6H2,1-3H3;6H,4-5H2,1-3H3;6H,4-5H2,1-3H3;5H,4H2,1-3H3. The van der Waals surface area contributed by atoms with E-state index in [9.17, 15) is 0 Å². The lowest BCUT2D eigenvalue weighted by Crippen LogP contribution is -2.12. The summed E-state index contributed by atoms with van der Waals surface area (Å²) in [6.45, 7) is 23.8. The Labute approximate surface area is 231 Å². The van der Waals surface area contributed by atoms with Crippen molar-refractivity contribution in [3.05, 3.63) is 0 Å². The first-order valence-electron chi connectivity index (χ1n) is 13.6. The number of ether oxygens (including phenoxy) is 10. The van der Waals surface area contributed by atoms with Crippen molar-refractivity contribution < 1.29 is 47.4 Å². The quantitative estimate of drug-likeness (QED) is 0.180. The molecule has 0 aromatic rings. The third-order valence-corrected chi connectivity index (χ3v) is 6.62. The zero-order chi connectivity index (χ0) is 29.0. The first-order valence-corrected chi connectivity index (χ1v) is 13.6. The Hall–Kier alpha value is -0.400. The molecule has 0 N–H and O–H groups in total. The van der Waals surface area contributed by atoms with Crippen molar-refractivity contribution >= 4 is 0 Å². The van der Waals surface area contributed by atoms with Crippen molar-refractivity contribution in [2.24, 2.45) is 0 Å². The van der Waals surface area contributed by atoms with E-state index >= 15 is 0 Å². The smallest absolute Gasteiger partial charge is 0.146 e. The minimum Gasteiger partial charge on any atom is -0.382 e. The second-order valence-corrected chi connectivity index (χ2v) is 11.8. The second-order valence-electron chi connectivity index (χ2n) is 11.8. The SMILES string of the molecule is CCOCC1OC1(C)C.COCC1OC1(C)C.COCCOCC1OC1(C)C.COCOCC1OC1(C)C. The highest BCUT2D eigenvalue weighted by molar-refractivity contribution is 4.96. The average molecular weight is 553 g/mol. The van der Waals surface area contributed by atoms with Crippen LogP contribution in [0.4, 0.5) is 0 Å². The van der Waals surface area contributed by atoms with Crippen LogP contribution in [-0.2, 0) is 47.4 Å². The van der Waals surface area contributed by atoms with E-state index in [1.54, 1.807) is 21.3 Å². The zero-order valence-electron chi connectivity index (χ0n) is 26.0. The fraction of sp³-hybridized carbons (Fsp3) is 1.00. The Morgan fingerprint density at radius 2 is 0.842 bits per heavy atom. The molecule has 4 saturated heterocycles. The molecule has 0 amide bonds. The van der Waals surface area contributed by atoms with E-state index in [1.807, 2.05) is 20.8 Å². The van der Waals surface area contributed by atoms with Gasteiger partial charge in [0.15, 0.2) is 0 Å². The summed E-state index contributed by atoms with van der Waals surface area (Å²) in [5, 5.41) is 0. The molecule has 0 radical (unpaired) electrons. The van der Waals surface area contributed by atoms with E-state index < -0.39 is 0 Å². The molecule has 38 heavy (non-hydrogen) atoms. The molecule has 0 saturated carbocycles. The minimum absolute atomic E-state index is 0.0355. The largest absolute Gasteiger partial charge is 0.382 e. The highest BCUT2D eigenvalue weighted by Gasteiger charge is 2.49. The number of hydrogen-bond donors (Lipinski definition) is 0. The van der Waals surface area contributed by atoms with Gasteiger partial charge in [0.2, 0.25) is 0 Å². The first kappa shape index (κ1) is 35.6. The van der Waals surface area contributed by atoms with Gasteiger partial charge in [-0.05, 0) is 62.3 Å². The lowest BCUT2D eigenvalue weighted by Gasteiger charge is -2.00. The second kappa shape index (κ2) is 16.1. The molecule has 10 heteroatoms. The van der Waals surface area contributed by atoms with E-state index in [4.69, 9.17) is 47.4 Å². The van der Waals surface area contributed by atoms with Gasteiger partial charge in [0, 0.05) is 27.9 Å². The Kier molecular flexibility index (Phi) is 15.1. The van der Waals surface area contributed by atoms with Crippen LogP contribution < -0.4 is 0 Å². The average Bonchev–Trinajstić information content (AvgIpc) is 3.79. The summed E-state index contributed by atoms with van der Waals surface area (Å²) < 4.78 is 51.1. The maximum absolute atomic E-state index is 5.32. The third kappa shape index (κ3) is 14.8. The van der Waals surface area contributed by atoms with Crippen LogP contribution in [0.15, 0.2) is 0 Å². The van der Waals surface area contributed by atoms with Crippen LogP contribution in [0.25, 0.3) is 0 Å². The molecule has 4 atom stereocenters. The fourth-order valence-electron chi connectivity index (χ4n) is 3.22. The van der Waals surface area contributed by atoms with Crippen LogP contribution in [-0.4, -0.2) is 121 Å². The van der Waals surface area contributed by atoms with Crippen molar-refractivity contribution in [3.63, 3.8) is 0 Å². The van der Waals surface area contributed by atoms with Gasteiger partial charge in [-0.1, -0.05) is 0 Å². The molecular formula is C28H56O10. The normalized spacial score (nSPS) is 29.4. The van der Waals surface area contributed by atoms with E-state index in [0.29, 0.717) is 51.5 Å². The lowest BCUT2D eigenvalue weighted by atomic mass is 10.1. The van der Waals surface area contributed by atoms with Crippen LogP contribution in [0.5, 0.6) is 0 Å². The molecule has 0 spiro atoms. The van der Waals surface area contributed by atoms with Gasteiger partial charge in [-0.2, -0.15) is 0 Å². The Morgan fingerprint density at radius 1 is 0.474 bits per heavy atom. The summed E-state index contributed by atoms with van der Waals surface area (Å²) in [5.74, 6) is 0. The van der Waals surface area contributed by atoms with E-state index in [2.05, 4.69) is 41.5 Å². The van der Waals surface area contributed by atoms with Gasteiger partial charge < -0.3 is 47.4 Å². The fourth-order valence-corrected chi connectivity index (χ4v) is 3.22. The summed E-state index contributed by atoms with van der Waals surface area (Å²) in [5.41, 5.74) is 0.270. The molecule has 4 rings (SSSR count). The van der Waals surface area contributed by atoms with Crippen LogP contribution >= 0.6 is 0 Å². The topological polar surface area (TPSA) is 106 Å². The number of hydrogen-bond acceptors (Lipinski definition) is 10. The van der Waals surface area contributed by atoms with E-state index in [-0.39, 0.29) is 28.5 Å². The third-order valence-electron chi connectivity index (χ3n) is 6.62. The van der Waals surface area contributed by atoms with Gasteiger partial charge >= 0.3 is 0 Å². The van der Waals surface area contributed by atoms with Crippen molar-refractivity contribution in [3.8, 4) is 0 Å². The first-order chi connectivity index (χ1) is 17.7. The van der Waals surface area contributed by atoms with Crippen LogP contribution in [0.1, 0.15) is 62.3 Å². The van der Waals surface area contributed by atoms with Gasteiger partial charge in [-0.15, -0.1) is 0 Å². The van der Waals surface area contributed by atoms with Crippen LogP contribution in [0.2, 0.25) is 0 Å². The zero-order valence-corrected chi connectivity index (χ0v) is 26.0. The number of epoxide rings is 4. The van der Waals surface area contributed by atoms with Gasteiger partial charge in [0.1, 0.15) is 31.2 Å². The highest BCUT2D eigenvalue weighted by Crippen LogP contribution is 2.36. The molecular weight excluding hydrogens is 496 g/mol. The van der Waals surface area contributed by atoms with E-state index in [1.165, 1.54) is 0 Å². The molecule has 4 fully saturated rings. The highest BCUT2D eigenvalue weighted by atomic mass is 16.7. The Morgan fingerprint density at radius 3 is 1.13 bits per heavy atom. The monoisotopic (exact) mass is 552 g/mol. The summed E-state index contributed by atoms with van der Waals surface area (Å²) in [7, 11) is 4.97. The predicted octanol–water partition coefficient (Wildman–Crippen LogP) is 3.62. The minimum atomic E-state index is 0.0355. The molecule has 4 aliphatic rings. The molecule has 4 heterocycles. The number of methoxy groups -OCH3 is 3. The molecule has 0 aromatic heterocycles. The van der Waals surface area contributed by atoms with Gasteiger partial charge in [-0.3, -0.25) is 0 Å². The van der Waals surface area contributed by atoms with Gasteiger partial charge in [0.25, 0.3) is 0 Å². The van der Waals surface area contributed by atoms with Crippen LogP contribution in [0.3, 0.4) is 0 Å². The van der Waals surface area contributed by atoms with Crippen molar-refractivity contribution in [2.45, 2.75) is 109 Å². The van der Waals surface area contributed by atoms with Crippen molar-refractivity contribution in [1.29, 1.82) is 0 Å². The molecule has 10 nitrogen and oxygen atoms in total. The molecule has 0 aromatic carbocycles. The maximum Gasteiger partial charge on any atom is 0.146 e. The molecule has 4 unspecified atom stereocenters. The Balaban J connectivity index is 0.000000255. The number of rotatable bonds is 14. The molecule has 228 valence electrons. The molecule has 0 aliphatic carbocycles. The lowest BCUT2D eigenvalue weighted by molar-refractivity contribution is -0.0352. The maximum atomic E-state index is 5.32. The van der Waals surface area contributed by atoms with Gasteiger partial charge in [0.05, 0.1) is 62.0 Å². The predicted molar refractivity (Wildman–Crippen MR) is 145 cm³/mol. The molecule has 4 aliphatic heterocycles. The summed E-state index contributed by atoms with van der Waals surface area (Å²) >= 11 is 0. The summed E-state index contributed by atoms with van der Waals surface area (Å²) in [6, 6.07) is 0.